The summed E-state index contributed by atoms with van der Waals surface area (Å²) in [5.74, 6) is 0. The number of fused-ring (bicyclic) bond motifs is 13. The van der Waals surface area contributed by atoms with Crippen molar-refractivity contribution < 1.29 is 0 Å². The van der Waals surface area contributed by atoms with Gasteiger partial charge in [-0.15, -0.1) is 11.3 Å². The number of nitrogens with zero attached hydrogens (tertiary/aromatic N) is 2. The van der Waals surface area contributed by atoms with Crippen LogP contribution in [0.3, 0.4) is 0 Å². The summed E-state index contributed by atoms with van der Waals surface area (Å²) in [6.07, 6.45) is 10.6. The third-order valence-electron chi connectivity index (χ3n) is 21.9. The van der Waals surface area contributed by atoms with Crippen molar-refractivity contribution in [3.63, 3.8) is 0 Å². The highest BCUT2D eigenvalue weighted by atomic mass is 32.1. The summed E-state index contributed by atoms with van der Waals surface area (Å²) in [6, 6.07) is 36.3. The van der Waals surface area contributed by atoms with Gasteiger partial charge in [-0.1, -0.05) is 141 Å². The molecule has 5 aliphatic carbocycles. The van der Waals surface area contributed by atoms with Gasteiger partial charge in [-0.3, -0.25) is 0 Å². The van der Waals surface area contributed by atoms with E-state index in [-0.39, 0.29) is 50.0 Å². The summed E-state index contributed by atoms with van der Waals surface area (Å²) < 4.78 is 2.93. The first kappa shape index (κ1) is 49.3. The first-order valence-electron chi connectivity index (χ1n) is 29.5. The van der Waals surface area contributed by atoms with E-state index in [9.17, 15) is 0 Å². The van der Waals surface area contributed by atoms with Gasteiger partial charge >= 0.3 is 0 Å². The van der Waals surface area contributed by atoms with Crippen molar-refractivity contribution in [2.75, 3.05) is 9.80 Å². The topological polar surface area (TPSA) is 6.48 Å². The minimum Gasteiger partial charge on any atom is -0.311 e. The molecular formula is C72H83BN2S. The predicted molar refractivity (Wildman–Crippen MR) is 330 cm³/mol. The third-order valence-corrected chi connectivity index (χ3v) is 23.1. The van der Waals surface area contributed by atoms with E-state index in [1.807, 2.05) is 0 Å². The maximum atomic E-state index is 2.83. The van der Waals surface area contributed by atoms with Crippen LogP contribution in [-0.2, 0) is 49.7 Å². The smallest absolute Gasteiger partial charge is 0.264 e. The Kier molecular flexibility index (Phi) is 9.84. The number of rotatable bonds is 2. The molecule has 4 heteroatoms. The predicted octanol–water partition coefficient (Wildman–Crippen LogP) is 18.3. The maximum Gasteiger partial charge on any atom is 0.264 e. The van der Waals surface area contributed by atoms with Crippen LogP contribution in [0, 0.1) is 6.92 Å². The van der Waals surface area contributed by atoms with Crippen molar-refractivity contribution >= 4 is 78.0 Å². The molecule has 7 aromatic rings. The molecule has 7 aliphatic rings. The van der Waals surface area contributed by atoms with Crippen LogP contribution in [0.1, 0.15) is 223 Å². The van der Waals surface area contributed by atoms with Gasteiger partial charge in [-0.05, 0) is 240 Å². The molecule has 2 aliphatic heterocycles. The first-order chi connectivity index (χ1) is 35.5. The molecule has 3 heterocycles. The van der Waals surface area contributed by atoms with Crippen LogP contribution in [0.25, 0.3) is 21.2 Å². The SMILES string of the molecule is Cc1cc2c3c(c1)N(c1cccc4c1-c1cc5c(cc1C4)C(C)(C)CCC5(C)C)c1c(sc4cc5c(cc14)C(C)(C)CCC5(C)C)B3c1cc3c(cc1N2c1ccc2c(c1)C(C)(C)CCC2(C)C)C(C)(C)CCC3(C)C. The summed E-state index contributed by atoms with van der Waals surface area (Å²) >= 11 is 2.11. The molecule has 0 spiro atoms. The molecule has 390 valence electrons. The highest BCUT2D eigenvalue weighted by molar-refractivity contribution is 7.33. The second kappa shape index (κ2) is 15.2. The molecule has 0 bridgehead atoms. The molecular weight excluding hydrogens is 936 g/mol. The Hall–Kier alpha value is -5.06. The van der Waals surface area contributed by atoms with Crippen LogP contribution < -0.4 is 25.5 Å². The van der Waals surface area contributed by atoms with E-state index in [1.165, 1.54) is 156 Å². The summed E-state index contributed by atoms with van der Waals surface area (Å²) in [7, 11) is 0. The number of aryl methyl sites for hydroxylation is 1. The number of anilines is 6. The van der Waals surface area contributed by atoms with Gasteiger partial charge in [-0.25, -0.2) is 0 Å². The molecule has 2 nitrogen and oxygen atoms in total. The third kappa shape index (κ3) is 6.70. The molecule has 0 radical (unpaired) electrons. The fourth-order valence-electron chi connectivity index (χ4n) is 16.5. The molecule has 0 N–H and O–H groups in total. The van der Waals surface area contributed by atoms with E-state index in [0.29, 0.717) is 0 Å². The Morgan fingerprint density at radius 3 is 1.50 bits per heavy atom. The molecule has 14 rings (SSSR count). The van der Waals surface area contributed by atoms with Crippen molar-refractivity contribution in [3.05, 3.63) is 146 Å². The zero-order chi connectivity index (χ0) is 53.6. The van der Waals surface area contributed by atoms with Crippen LogP contribution in [-0.4, -0.2) is 6.71 Å². The van der Waals surface area contributed by atoms with Gasteiger partial charge in [-0.2, -0.15) is 0 Å². The van der Waals surface area contributed by atoms with Gasteiger partial charge in [0, 0.05) is 43.2 Å². The lowest BCUT2D eigenvalue weighted by Gasteiger charge is -2.47. The number of benzene rings is 6. The van der Waals surface area contributed by atoms with Gasteiger partial charge in [0.15, 0.2) is 0 Å². The van der Waals surface area contributed by atoms with Gasteiger partial charge in [0.25, 0.3) is 6.71 Å². The van der Waals surface area contributed by atoms with Crippen LogP contribution in [0.4, 0.5) is 34.1 Å². The molecule has 0 atom stereocenters. The van der Waals surface area contributed by atoms with Crippen molar-refractivity contribution in [1.82, 2.24) is 0 Å². The largest absolute Gasteiger partial charge is 0.311 e. The highest BCUT2D eigenvalue weighted by Crippen LogP contribution is 2.58. The van der Waals surface area contributed by atoms with Gasteiger partial charge in [0.2, 0.25) is 0 Å². The van der Waals surface area contributed by atoms with Gasteiger partial charge < -0.3 is 9.80 Å². The molecule has 0 amide bonds. The quantitative estimate of drug-likeness (QED) is 0.159. The minimum absolute atomic E-state index is 0.0589. The highest BCUT2D eigenvalue weighted by Gasteiger charge is 2.50. The summed E-state index contributed by atoms with van der Waals surface area (Å²) in [6.45, 7) is 42.5. The summed E-state index contributed by atoms with van der Waals surface area (Å²) in [5.41, 5.74) is 31.2. The molecule has 76 heavy (non-hydrogen) atoms. The van der Waals surface area contributed by atoms with Crippen molar-refractivity contribution in [2.45, 2.75) is 219 Å². The average molecular weight is 1020 g/mol. The van der Waals surface area contributed by atoms with Gasteiger partial charge in [0.05, 0.1) is 11.4 Å². The molecule has 0 fully saturated rings. The van der Waals surface area contributed by atoms with E-state index >= 15 is 0 Å². The maximum absolute atomic E-state index is 2.83. The van der Waals surface area contributed by atoms with E-state index < -0.39 is 0 Å². The van der Waals surface area contributed by atoms with Crippen LogP contribution in [0.15, 0.2) is 84.9 Å². The second-order valence-corrected chi connectivity index (χ2v) is 31.9. The van der Waals surface area contributed by atoms with E-state index in [0.717, 1.165) is 6.42 Å². The van der Waals surface area contributed by atoms with Crippen molar-refractivity contribution in [2.24, 2.45) is 0 Å². The number of hydrogen-bond donors (Lipinski definition) is 0. The molecule has 6 aromatic carbocycles. The Labute approximate surface area is 461 Å². The molecule has 1 aromatic heterocycles. The van der Waals surface area contributed by atoms with Crippen molar-refractivity contribution in [3.8, 4) is 11.1 Å². The first-order valence-corrected chi connectivity index (χ1v) is 30.3. The Morgan fingerprint density at radius 2 is 0.908 bits per heavy atom. The lowest BCUT2D eigenvalue weighted by atomic mass is 9.35. The Balaban J connectivity index is 1.11. The van der Waals surface area contributed by atoms with E-state index in [4.69, 9.17) is 0 Å². The molecule has 0 saturated heterocycles. The molecule has 0 saturated carbocycles. The fraction of sp³-hybridized carbons (Fsp3) is 0.472. The Morgan fingerprint density at radius 1 is 0.421 bits per heavy atom. The van der Waals surface area contributed by atoms with Crippen LogP contribution in [0.2, 0.25) is 0 Å². The zero-order valence-corrected chi connectivity index (χ0v) is 50.1. The number of thiophene rings is 1. The fourth-order valence-corrected chi connectivity index (χ4v) is 17.8. The lowest BCUT2D eigenvalue weighted by molar-refractivity contribution is 0.332. The van der Waals surface area contributed by atoms with Gasteiger partial charge in [0.1, 0.15) is 0 Å². The number of hydrogen-bond acceptors (Lipinski definition) is 3. The van der Waals surface area contributed by atoms with E-state index in [1.54, 1.807) is 27.8 Å². The van der Waals surface area contributed by atoms with Crippen LogP contribution in [0.5, 0.6) is 0 Å². The second-order valence-electron chi connectivity index (χ2n) is 30.8. The van der Waals surface area contributed by atoms with Crippen LogP contribution >= 0.6 is 11.3 Å². The van der Waals surface area contributed by atoms with Crippen molar-refractivity contribution in [1.29, 1.82) is 0 Å². The monoisotopic (exact) mass is 1020 g/mol. The zero-order valence-electron chi connectivity index (χ0n) is 49.3. The normalized spacial score (nSPS) is 22.3. The van der Waals surface area contributed by atoms with E-state index in [2.05, 4.69) is 224 Å². The summed E-state index contributed by atoms with van der Waals surface area (Å²) in [4.78, 5) is 5.59. The standard InChI is InChI=1S/C72H83BN2S/c1-41-31-58-62-59(32-41)75(56-20-18-19-42-33-43-34-48-50(36-45(43)61(42)56)68(8,9)26-25-66(48,4)5)63-46-37-51-54(72(16,17)30-27-69(51,10)11)40-60(46)76-64(63)73(62)55-38-52-53(71(14,15)29-28-70(52,12)13)39-57(55)74(58)44-21-22-47-49(35-44)67(6,7)24-23-65(47,2)3/h18-22,31-32,34-40H,23-30,33H2,1-17H3. The Bertz CT molecular complexity index is 3730. The minimum atomic E-state index is 0.0589. The summed E-state index contributed by atoms with van der Waals surface area (Å²) in [5, 5.41) is 1.42. The average Bonchev–Trinajstić information content (AvgIpc) is 4.06. The molecule has 0 unspecified atom stereocenters. The lowest BCUT2D eigenvalue weighted by Crippen LogP contribution is -2.61.